The second-order valence-electron chi connectivity index (χ2n) is 5.64. The summed E-state index contributed by atoms with van der Waals surface area (Å²) in [6, 6.07) is 7.50. The molecule has 0 atom stereocenters. The average molecular weight is 283 g/mol. The molecule has 0 bridgehead atoms. The summed E-state index contributed by atoms with van der Waals surface area (Å²) >= 11 is 0. The van der Waals surface area contributed by atoms with Crippen molar-refractivity contribution in [2.24, 2.45) is 0 Å². The Morgan fingerprint density at radius 1 is 1.14 bits per heavy atom. The molecule has 2 aromatic rings. The molecule has 21 heavy (non-hydrogen) atoms. The van der Waals surface area contributed by atoms with Crippen molar-refractivity contribution >= 4 is 11.6 Å². The smallest absolute Gasteiger partial charge is 0.237 e. The van der Waals surface area contributed by atoms with Gasteiger partial charge in [-0.2, -0.15) is 10.2 Å². The zero-order valence-electron chi connectivity index (χ0n) is 12.3. The summed E-state index contributed by atoms with van der Waals surface area (Å²) in [5.41, 5.74) is 2.23. The van der Waals surface area contributed by atoms with Gasteiger partial charge in [0.15, 0.2) is 0 Å². The second-order valence-corrected chi connectivity index (χ2v) is 5.64. The van der Waals surface area contributed by atoms with E-state index in [1.807, 2.05) is 38.1 Å². The zero-order valence-corrected chi connectivity index (χ0v) is 12.3. The molecule has 0 saturated carbocycles. The highest BCUT2D eigenvalue weighted by atomic mass is 16.5. The number of carbonyl (C=O) groups excluding carboxylic acids is 1. The summed E-state index contributed by atoms with van der Waals surface area (Å²) in [7, 11) is 1.62. The van der Waals surface area contributed by atoms with Crippen LogP contribution in [-0.4, -0.2) is 23.2 Å². The first-order valence-electron chi connectivity index (χ1n) is 6.80. The van der Waals surface area contributed by atoms with E-state index >= 15 is 0 Å². The fourth-order valence-electron chi connectivity index (χ4n) is 2.70. The summed E-state index contributed by atoms with van der Waals surface area (Å²) in [5, 5.41) is 7.85. The van der Waals surface area contributed by atoms with Crippen LogP contribution in [0.1, 0.15) is 25.0 Å². The van der Waals surface area contributed by atoms with Crippen molar-refractivity contribution in [3.05, 3.63) is 47.8 Å². The van der Waals surface area contributed by atoms with Gasteiger partial charge in [-0.1, -0.05) is 0 Å². The molecule has 108 valence electrons. The summed E-state index contributed by atoms with van der Waals surface area (Å²) in [4.78, 5) is 14.6. The van der Waals surface area contributed by atoms with Gasteiger partial charge >= 0.3 is 0 Å². The standard InChI is InChI=1S/C16H17N3O2/c1-16(2)14-9-18-17-8-11(14)10-19(15(16)20)12-4-6-13(21-3)7-5-12/h4-9H,10H2,1-3H3. The van der Waals surface area contributed by atoms with Gasteiger partial charge in [-0.15, -0.1) is 0 Å². The lowest BCUT2D eigenvalue weighted by Crippen LogP contribution is -2.48. The number of ether oxygens (including phenoxy) is 1. The largest absolute Gasteiger partial charge is 0.497 e. The second kappa shape index (κ2) is 4.84. The molecule has 0 aliphatic carbocycles. The van der Waals surface area contributed by atoms with Crippen molar-refractivity contribution in [1.82, 2.24) is 10.2 Å². The SMILES string of the molecule is COc1ccc(N2Cc3cnncc3C(C)(C)C2=O)cc1. The molecule has 1 amide bonds. The third-order valence-electron chi connectivity index (χ3n) is 3.98. The van der Waals surface area contributed by atoms with Crippen LogP contribution in [0.3, 0.4) is 0 Å². The quantitative estimate of drug-likeness (QED) is 0.848. The number of benzene rings is 1. The van der Waals surface area contributed by atoms with Crippen LogP contribution in [0.5, 0.6) is 5.75 Å². The Kier molecular flexibility index (Phi) is 3.12. The zero-order chi connectivity index (χ0) is 15.0. The Bertz CT molecular complexity index is 680. The number of anilines is 1. The van der Waals surface area contributed by atoms with Crippen LogP contribution in [0.4, 0.5) is 5.69 Å². The minimum atomic E-state index is -0.608. The Morgan fingerprint density at radius 3 is 2.48 bits per heavy atom. The number of aromatic nitrogens is 2. The van der Waals surface area contributed by atoms with E-state index in [2.05, 4.69) is 10.2 Å². The van der Waals surface area contributed by atoms with Gasteiger partial charge in [-0.05, 0) is 49.2 Å². The van der Waals surface area contributed by atoms with E-state index in [9.17, 15) is 4.79 Å². The van der Waals surface area contributed by atoms with Gasteiger partial charge in [0.25, 0.3) is 0 Å². The molecule has 1 aliphatic rings. The van der Waals surface area contributed by atoms with Gasteiger partial charge in [0, 0.05) is 5.69 Å². The number of methoxy groups -OCH3 is 1. The van der Waals surface area contributed by atoms with Crippen molar-refractivity contribution in [1.29, 1.82) is 0 Å². The first-order chi connectivity index (χ1) is 10.0. The van der Waals surface area contributed by atoms with Crippen molar-refractivity contribution in [3.63, 3.8) is 0 Å². The first kappa shape index (κ1) is 13.5. The topological polar surface area (TPSA) is 55.3 Å². The van der Waals surface area contributed by atoms with Crippen LogP contribution in [0.25, 0.3) is 0 Å². The lowest BCUT2D eigenvalue weighted by molar-refractivity contribution is -0.123. The molecule has 1 aliphatic heterocycles. The van der Waals surface area contributed by atoms with E-state index in [4.69, 9.17) is 4.74 Å². The predicted octanol–water partition coefficient (Wildman–Crippen LogP) is 2.31. The molecule has 0 fully saturated rings. The molecule has 5 nitrogen and oxygen atoms in total. The molecule has 2 heterocycles. The fraction of sp³-hybridized carbons (Fsp3) is 0.312. The van der Waals surface area contributed by atoms with Crippen molar-refractivity contribution in [2.45, 2.75) is 25.8 Å². The minimum absolute atomic E-state index is 0.0631. The molecular formula is C16H17N3O2. The lowest BCUT2D eigenvalue weighted by Gasteiger charge is -2.38. The third-order valence-corrected chi connectivity index (χ3v) is 3.98. The number of fused-ring (bicyclic) bond motifs is 1. The molecule has 3 rings (SSSR count). The Morgan fingerprint density at radius 2 is 1.81 bits per heavy atom. The summed E-state index contributed by atoms with van der Waals surface area (Å²) in [5.74, 6) is 0.835. The van der Waals surface area contributed by atoms with Crippen molar-refractivity contribution in [2.75, 3.05) is 12.0 Å². The molecule has 1 aromatic heterocycles. The number of hydrogen-bond acceptors (Lipinski definition) is 4. The molecule has 0 spiro atoms. The number of amides is 1. The number of hydrogen-bond donors (Lipinski definition) is 0. The predicted molar refractivity (Wildman–Crippen MR) is 79.2 cm³/mol. The minimum Gasteiger partial charge on any atom is -0.497 e. The Balaban J connectivity index is 2.03. The molecule has 0 N–H and O–H groups in total. The van der Waals surface area contributed by atoms with Gasteiger partial charge < -0.3 is 9.64 Å². The molecular weight excluding hydrogens is 266 g/mol. The van der Waals surface area contributed by atoms with Gasteiger partial charge in [-0.3, -0.25) is 4.79 Å². The number of carbonyl (C=O) groups is 1. The van der Waals surface area contributed by atoms with Crippen LogP contribution in [0.2, 0.25) is 0 Å². The van der Waals surface area contributed by atoms with Crippen LogP contribution in [0, 0.1) is 0 Å². The van der Waals surface area contributed by atoms with Crippen LogP contribution in [0.15, 0.2) is 36.7 Å². The molecule has 0 unspecified atom stereocenters. The van der Waals surface area contributed by atoms with E-state index in [0.717, 1.165) is 22.6 Å². The van der Waals surface area contributed by atoms with Gasteiger partial charge in [-0.25, -0.2) is 0 Å². The third kappa shape index (κ3) is 2.14. The summed E-state index contributed by atoms with van der Waals surface area (Å²) in [6.45, 7) is 4.36. The molecule has 5 heteroatoms. The van der Waals surface area contributed by atoms with E-state index in [-0.39, 0.29) is 5.91 Å². The van der Waals surface area contributed by atoms with Gasteiger partial charge in [0.2, 0.25) is 5.91 Å². The van der Waals surface area contributed by atoms with E-state index in [0.29, 0.717) is 6.54 Å². The maximum absolute atomic E-state index is 12.8. The van der Waals surface area contributed by atoms with E-state index in [1.165, 1.54) is 0 Å². The van der Waals surface area contributed by atoms with E-state index in [1.54, 1.807) is 24.4 Å². The average Bonchev–Trinajstić information content (AvgIpc) is 2.51. The van der Waals surface area contributed by atoms with E-state index < -0.39 is 5.41 Å². The highest BCUT2D eigenvalue weighted by Crippen LogP contribution is 2.36. The summed E-state index contributed by atoms with van der Waals surface area (Å²) in [6.07, 6.45) is 3.43. The maximum atomic E-state index is 12.8. The first-order valence-corrected chi connectivity index (χ1v) is 6.80. The Hall–Kier alpha value is -2.43. The van der Waals surface area contributed by atoms with Crippen LogP contribution >= 0.6 is 0 Å². The van der Waals surface area contributed by atoms with Gasteiger partial charge in [0.1, 0.15) is 5.75 Å². The maximum Gasteiger partial charge on any atom is 0.237 e. The normalized spacial score (nSPS) is 16.5. The lowest BCUT2D eigenvalue weighted by atomic mass is 9.79. The monoisotopic (exact) mass is 283 g/mol. The van der Waals surface area contributed by atoms with Gasteiger partial charge in [0.05, 0.1) is 31.5 Å². The van der Waals surface area contributed by atoms with Crippen molar-refractivity contribution in [3.8, 4) is 5.75 Å². The number of nitrogens with zero attached hydrogens (tertiary/aromatic N) is 3. The number of rotatable bonds is 2. The van der Waals surface area contributed by atoms with Crippen molar-refractivity contribution < 1.29 is 9.53 Å². The van der Waals surface area contributed by atoms with Crippen LogP contribution in [-0.2, 0) is 16.8 Å². The highest BCUT2D eigenvalue weighted by molar-refractivity contribution is 6.02. The summed E-state index contributed by atoms with van der Waals surface area (Å²) < 4.78 is 5.16. The molecule has 1 aromatic carbocycles. The molecule has 0 radical (unpaired) electrons. The highest BCUT2D eigenvalue weighted by Gasteiger charge is 2.40. The Labute approximate surface area is 123 Å². The molecule has 0 saturated heterocycles. The van der Waals surface area contributed by atoms with Crippen LogP contribution < -0.4 is 9.64 Å². The fourth-order valence-corrected chi connectivity index (χ4v) is 2.70.